The molecular weight excluding hydrogens is 202 g/mol. The van der Waals surface area contributed by atoms with Crippen molar-refractivity contribution in [3.05, 3.63) is 0 Å². The molecule has 1 unspecified atom stereocenters. The standard InChI is InChI=1S/C13H28NO2/c1-4-6-10-14(15-3,9-5-2)13-7-11-16-12-8-13/h13H,4-12H2,1-3H3/q+1. The average Bonchev–Trinajstić information content (AvgIpc) is 2.36. The Morgan fingerprint density at radius 2 is 1.81 bits per heavy atom. The maximum absolute atomic E-state index is 5.90. The Morgan fingerprint density at radius 3 is 2.31 bits per heavy atom. The highest BCUT2D eigenvalue weighted by Crippen LogP contribution is 2.25. The van der Waals surface area contributed by atoms with Gasteiger partial charge in [0.2, 0.25) is 0 Å². The van der Waals surface area contributed by atoms with Gasteiger partial charge in [0, 0.05) is 12.8 Å². The number of hydrogen-bond acceptors (Lipinski definition) is 2. The number of unbranched alkanes of at least 4 members (excludes halogenated alkanes) is 1. The lowest BCUT2D eigenvalue weighted by Crippen LogP contribution is -2.57. The highest BCUT2D eigenvalue weighted by atomic mass is 16.7. The summed E-state index contributed by atoms with van der Waals surface area (Å²) in [6.07, 6.45) is 5.99. The minimum absolute atomic E-state index is 0.644. The molecule has 1 saturated heterocycles. The first-order chi connectivity index (χ1) is 7.79. The van der Waals surface area contributed by atoms with Crippen LogP contribution in [0.4, 0.5) is 0 Å². The van der Waals surface area contributed by atoms with E-state index in [4.69, 9.17) is 9.57 Å². The number of hydroxylamine groups is 3. The van der Waals surface area contributed by atoms with Crippen molar-refractivity contribution in [2.24, 2.45) is 0 Å². The molecule has 1 rings (SSSR count). The van der Waals surface area contributed by atoms with Crippen molar-refractivity contribution in [2.75, 3.05) is 33.4 Å². The molecule has 1 fully saturated rings. The summed E-state index contributed by atoms with van der Waals surface area (Å²) in [6.45, 7) is 8.61. The fraction of sp³-hybridized carbons (Fsp3) is 1.00. The van der Waals surface area contributed by atoms with E-state index in [2.05, 4.69) is 13.8 Å². The second-order valence-electron chi connectivity index (χ2n) is 4.78. The van der Waals surface area contributed by atoms with E-state index in [1.54, 1.807) is 0 Å². The van der Waals surface area contributed by atoms with Gasteiger partial charge in [-0.05, 0) is 12.8 Å². The average molecular weight is 230 g/mol. The predicted molar refractivity (Wildman–Crippen MR) is 66.0 cm³/mol. The summed E-state index contributed by atoms with van der Waals surface area (Å²) in [5.41, 5.74) is 0. The molecule has 0 amide bonds. The first-order valence-electron chi connectivity index (χ1n) is 6.79. The van der Waals surface area contributed by atoms with Gasteiger partial charge >= 0.3 is 0 Å². The quantitative estimate of drug-likeness (QED) is 0.494. The third-order valence-electron chi connectivity index (χ3n) is 3.71. The SMILES string of the molecule is CCCC[N+](CCC)(OC)C1CCOCC1. The molecule has 3 nitrogen and oxygen atoms in total. The smallest absolute Gasteiger partial charge is 0.123 e. The summed E-state index contributed by atoms with van der Waals surface area (Å²) in [6, 6.07) is 0.644. The summed E-state index contributed by atoms with van der Waals surface area (Å²) in [4.78, 5) is 5.90. The van der Waals surface area contributed by atoms with Crippen molar-refractivity contribution >= 4 is 0 Å². The fourth-order valence-corrected chi connectivity index (χ4v) is 2.77. The Hall–Kier alpha value is -0.120. The molecule has 1 atom stereocenters. The molecule has 0 spiro atoms. The molecule has 1 aliphatic heterocycles. The van der Waals surface area contributed by atoms with Crippen molar-refractivity contribution in [2.45, 2.75) is 52.0 Å². The molecule has 0 aromatic rings. The van der Waals surface area contributed by atoms with Crippen LogP contribution in [0, 0.1) is 0 Å². The van der Waals surface area contributed by atoms with Crippen LogP contribution in [0.3, 0.4) is 0 Å². The predicted octanol–water partition coefficient (Wildman–Crippen LogP) is 2.75. The molecule has 0 N–H and O–H groups in total. The molecule has 1 aliphatic rings. The zero-order valence-corrected chi connectivity index (χ0v) is 11.2. The molecule has 0 aliphatic carbocycles. The van der Waals surface area contributed by atoms with E-state index in [0.29, 0.717) is 6.04 Å². The van der Waals surface area contributed by atoms with Crippen LogP contribution in [-0.4, -0.2) is 44.1 Å². The lowest BCUT2D eigenvalue weighted by molar-refractivity contribution is -1.12. The minimum atomic E-state index is 0.644. The van der Waals surface area contributed by atoms with Gasteiger partial charge in [0.25, 0.3) is 0 Å². The Balaban J connectivity index is 2.64. The summed E-state index contributed by atoms with van der Waals surface area (Å²) in [5, 5.41) is 0. The van der Waals surface area contributed by atoms with Crippen LogP contribution in [0.1, 0.15) is 46.0 Å². The zero-order valence-electron chi connectivity index (χ0n) is 11.2. The van der Waals surface area contributed by atoms with Gasteiger partial charge in [-0.3, -0.25) is 0 Å². The Bertz CT molecular complexity index is 181. The third kappa shape index (κ3) is 3.44. The number of quaternary nitrogens is 1. The number of rotatable bonds is 7. The van der Waals surface area contributed by atoms with Gasteiger partial charge in [-0.2, -0.15) is 4.65 Å². The van der Waals surface area contributed by atoms with Crippen LogP contribution in [0.2, 0.25) is 0 Å². The molecule has 3 heteroatoms. The van der Waals surface area contributed by atoms with Gasteiger partial charge in [-0.25, -0.2) is 4.84 Å². The van der Waals surface area contributed by atoms with Crippen LogP contribution in [-0.2, 0) is 9.57 Å². The second-order valence-corrected chi connectivity index (χ2v) is 4.78. The summed E-state index contributed by atoms with van der Waals surface area (Å²) < 4.78 is 6.31. The van der Waals surface area contributed by atoms with Crippen molar-refractivity contribution in [3.63, 3.8) is 0 Å². The van der Waals surface area contributed by atoms with Crippen LogP contribution < -0.4 is 0 Å². The topological polar surface area (TPSA) is 18.5 Å². The molecule has 0 saturated carbocycles. The van der Waals surface area contributed by atoms with Gasteiger partial charge in [0.05, 0.1) is 20.3 Å². The molecule has 16 heavy (non-hydrogen) atoms. The molecule has 96 valence electrons. The molecule has 0 aromatic carbocycles. The van der Waals surface area contributed by atoms with Gasteiger partial charge < -0.3 is 4.74 Å². The van der Waals surface area contributed by atoms with Crippen molar-refractivity contribution in [1.29, 1.82) is 0 Å². The molecule has 0 radical (unpaired) electrons. The maximum Gasteiger partial charge on any atom is 0.123 e. The molecule has 0 bridgehead atoms. The van der Waals surface area contributed by atoms with E-state index < -0.39 is 0 Å². The van der Waals surface area contributed by atoms with Crippen molar-refractivity contribution < 1.29 is 14.2 Å². The van der Waals surface area contributed by atoms with Crippen molar-refractivity contribution in [1.82, 2.24) is 0 Å². The van der Waals surface area contributed by atoms with Gasteiger partial charge in [0.1, 0.15) is 19.1 Å². The number of nitrogens with zero attached hydrogens (tertiary/aromatic N) is 1. The van der Waals surface area contributed by atoms with Gasteiger partial charge in [-0.1, -0.05) is 20.3 Å². The lowest BCUT2D eigenvalue weighted by Gasteiger charge is -2.42. The first-order valence-corrected chi connectivity index (χ1v) is 6.79. The van der Waals surface area contributed by atoms with Crippen LogP contribution >= 0.6 is 0 Å². The Kier molecular flexibility index (Phi) is 6.32. The van der Waals surface area contributed by atoms with E-state index >= 15 is 0 Å². The molecular formula is C13H28NO2+. The first kappa shape index (κ1) is 13.9. The lowest BCUT2D eigenvalue weighted by atomic mass is 10.1. The van der Waals surface area contributed by atoms with E-state index in [1.807, 2.05) is 7.11 Å². The van der Waals surface area contributed by atoms with Gasteiger partial charge in [-0.15, -0.1) is 0 Å². The Morgan fingerprint density at radius 1 is 1.12 bits per heavy atom. The van der Waals surface area contributed by atoms with E-state index in [-0.39, 0.29) is 0 Å². The summed E-state index contributed by atoms with van der Waals surface area (Å²) >= 11 is 0. The number of ether oxygens (including phenoxy) is 1. The van der Waals surface area contributed by atoms with E-state index in [1.165, 1.54) is 19.3 Å². The van der Waals surface area contributed by atoms with Crippen LogP contribution in [0.5, 0.6) is 0 Å². The third-order valence-corrected chi connectivity index (χ3v) is 3.71. The summed E-state index contributed by atoms with van der Waals surface area (Å²) in [5.74, 6) is 0. The molecule has 0 aromatic heterocycles. The largest absolute Gasteiger partial charge is 0.381 e. The second kappa shape index (κ2) is 7.25. The summed E-state index contributed by atoms with van der Waals surface area (Å²) in [7, 11) is 1.88. The minimum Gasteiger partial charge on any atom is -0.381 e. The van der Waals surface area contributed by atoms with Crippen LogP contribution in [0.15, 0.2) is 0 Å². The highest BCUT2D eigenvalue weighted by molar-refractivity contribution is 4.63. The van der Waals surface area contributed by atoms with E-state index in [0.717, 1.165) is 43.8 Å². The van der Waals surface area contributed by atoms with Gasteiger partial charge in [0.15, 0.2) is 0 Å². The monoisotopic (exact) mass is 230 g/mol. The Labute approximate surface area is 100 Å². The normalized spacial score (nSPS) is 21.9. The molecule has 1 heterocycles. The van der Waals surface area contributed by atoms with E-state index in [9.17, 15) is 0 Å². The number of hydrogen-bond donors (Lipinski definition) is 0. The van der Waals surface area contributed by atoms with Crippen LogP contribution in [0.25, 0.3) is 0 Å². The highest BCUT2D eigenvalue weighted by Gasteiger charge is 2.38. The fourth-order valence-electron chi connectivity index (χ4n) is 2.77. The van der Waals surface area contributed by atoms with Crippen molar-refractivity contribution in [3.8, 4) is 0 Å². The zero-order chi connectivity index (χ0) is 11.9. The maximum atomic E-state index is 5.90.